The molecule has 1 rings (SSSR count). The quantitative estimate of drug-likeness (QED) is 0.848. The van der Waals surface area contributed by atoms with Gasteiger partial charge in [0.25, 0.3) is 0 Å². The van der Waals surface area contributed by atoms with Gasteiger partial charge in [0.1, 0.15) is 5.60 Å². The fourth-order valence-electron chi connectivity index (χ4n) is 1.46. The summed E-state index contributed by atoms with van der Waals surface area (Å²) in [6.07, 6.45) is 3.40. The summed E-state index contributed by atoms with van der Waals surface area (Å²) < 4.78 is 5.13. The Kier molecular flexibility index (Phi) is 5.90. The summed E-state index contributed by atoms with van der Waals surface area (Å²) in [5.41, 5.74) is 1.65. The first-order valence-electron chi connectivity index (χ1n) is 6.19. The topological polar surface area (TPSA) is 38.3 Å². The van der Waals surface area contributed by atoms with E-state index in [1.54, 1.807) is 0 Å². The zero-order valence-corrected chi connectivity index (χ0v) is 12.3. The highest BCUT2D eigenvalue weighted by Crippen LogP contribution is 2.12. The van der Waals surface area contributed by atoms with Gasteiger partial charge in [-0.3, -0.25) is 0 Å². The molecule has 0 atom stereocenters. The lowest BCUT2D eigenvalue weighted by atomic mass is 10.1. The molecule has 0 saturated carbocycles. The standard InChI is InChI=1S/C15H20ClNO2/c1-15(2,3)19-14(18)17-10-6-9-12-7-4-5-8-13(12)11-16/h4-9H,10-11H2,1-3H3,(H,17,18). The van der Waals surface area contributed by atoms with Gasteiger partial charge in [-0.1, -0.05) is 36.4 Å². The van der Waals surface area contributed by atoms with Crippen molar-refractivity contribution in [3.63, 3.8) is 0 Å². The van der Waals surface area contributed by atoms with E-state index in [0.717, 1.165) is 11.1 Å². The summed E-state index contributed by atoms with van der Waals surface area (Å²) in [4.78, 5) is 11.4. The van der Waals surface area contributed by atoms with Crippen LogP contribution in [0.15, 0.2) is 30.3 Å². The van der Waals surface area contributed by atoms with Gasteiger partial charge < -0.3 is 10.1 Å². The molecule has 19 heavy (non-hydrogen) atoms. The van der Waals surface area contributed by atoms with E-state index in [1.165, 1.54) is 0 Å². The Bertz CT molecular complexity index is 450. The average Bonchev–Trinajstić information content (AvgIpc) is 2.33. The molecular formula is C15H20ClNO2. The van der Waals surface area contributed by atoms with E-state index in [9.17, 15) is 4.79 Å². The lowest BCUT2D eigenvalue weighted by Crippen LogP contribution is -2.32. The minimum Gasteiger partial charge on any atom is -0.444 e. The number of carbonyl (C=O) groups is 1. The monoisotopic (exact) mass is 281 g/mol. The van der Waals surface area contributed by atoms with Crippen molar-refractivity contribution in [2.75, 3.05) is 6.54 Å². The highest BCUT2D eigenvalue weighted by molar-refractivity contribution is 6.17. The Balaban J connectivity index is 2.44. The molecule has 0 heterocycles. The van der Waals surface area contributed by atoms with Crippen molar-refractivity contribution >= 4 is 23.8 Å². The molecule has 0 bridgehead atoms. The summed E-state index contributed by atoms with van der Waals surface area (Å²) >= 11 is 5.84. The molecule has 1 aromatic rings. The van der Waals surface area contributed by atoms with Gasteiger partial charge in [-0.15, -0.1) is 11.6 Å². The van der Waals surface area contributed by atoms with Gasteiger partial charge in [-0.2, -0.15) is 0 Å². The third kappa shape index (κ3) is 6.30. The van der Waals surface area contributed by atoms with Gasteiger partial charge in [-0.05, 0) is 31.9 Å². The Morgan fingerprint density at radius 2 is 2.05 bits per heavy atom. The van der Waals surface area contributed by atoms with Crippen LogP contribution in [0.1, 0.15) is 31.9 Å². The maximum Gasteiger partial charge on any atom is 0.407 e. The van der Waals surface area contributed by atoms with Crippen molar-refractivity contribution in [1.29, 1.82) is 0 Å². The number of alkyl carbamates (subject to hydrolysis) is 1. The van der Waals surface area contributed by atoms with Crippen LogP contribution in [0.3, 0.4) is 0 Å². The van der Waals surface area contributed by atoms with Crippen LogP contribution in [-0.2, 0) is 10.6 Å². The summed E-state index contributed by atoms with van der Waals surface area (Å²) in [5, 5.41) is 2.67. The van der Waals surface area contributed by atoms with Crippen LogP contribution in [-0.4, -0.2) is 18.2 Å². The Labute approximate surface area is 119 Å². The second kappa shape index (κ2) is 7.19. The number of ether oxygens (including phenoxy) is 1. The van der Waals surface area contributed by atoms with E-state index in [2.05, 4.69) is 5.32 Å². The molecule has 4 heteroatoms. The molecule has 1 amide bonds. The normalized spacial score (nSPS) is 11.6. The van der Waals surface area contributed by atoms with Crippen LogP contribution in [0.25, 0.3) is 6.08 Å². The van der Waals surface area contributed by atoms with E-state index >= 15 is 0 Å². The molecule has 0 aliphatic heterocycles. The summed E-state index contributed by atoms with van der Waals surface area (Å²) in [7, 11) is 0. The zero-order valence-electron chi connectivity index (χ0n) is 11.6. The van der Waals surface area contributed by atoms with Gasteiger partial charge in [-0.25, -0.2) is 4.79 Å². The lowest BCUT2D eigenvalue weighted by molar-refractivity contribution is 0.0534. The summed E-state index contributed by atoms with van der Waals surface area (Å²) in [6, 6.07) is 7.88. The number of hydrogen-bond donors (Lipinski definition) is 1. The van der Waals surface area contributed by atoms with Gasteiger partial charge >= 0.3 is 6.09 Å². The maximum absolute atomic E-state index is 11.4. The minimum atomic E-state index is -0.473. The third-order valence-electron chi connectivity index (χ3n) is 2.26. The molecule has 104 valence electrons. The predicted octanol–water partition coefficient (Wildman–Crippen LogP) is 3.96. The van der Waals surface area contributed by atoms with E-state index in [4.69, 9.17) is 16.3 Å². The summed E-state index contributed by atoms with van der Waals surface area (Å²) in [5.74, 6) is 0.472. The molecule has 0 spiro atoms. The largest absolute Gasteiger partial charge is 0.444 e. The SMILES string of the molecule is CC(C)(C)OC(=O)NCC=Cc1ccccc1CCl. The van der Waals surface area contributed by atoms with Crippen LogP contribution < -0.4 is 5.32 Å². The first-order chi connectivity index (χ1) is 8.92. The fourth-order valence-corrected chi connectivity index (χ4v) is 1.70. The van der Waals surface area contributed by atoms with Crippen molar-refractivity contribution in [1.82, 2.24) is 5.32 Å². The van der Waals surface area contributed by atoms with Crippen molar-refractivity contribution in [2.24, 2.45) is 0 Å². The molecule has 0 aliphatic rings. The third-order valence-corrected chi connectivity index (χ3v) is 2.55. The number of nitrogens with one attached hydrogen (secondary N) is 1. The number of hydrogen-bond acceptors (Lipinski definition) is 2. The number of alkyl halides is 1. The number of halogens is 1. The Hall–Kier alpha value is -1.48. The molecule has 3 nitrogen and oxygen atoms in total. The highest BCUT2D eigenvalue weighted by Gasteiger charge is 2.14. The minimum absolute atomic E-state index is 0.414. The number of rotatable bonds is 4. The van der Waals surface area contributed by atoms with Gasteiger partial charge in [0.15, 0.2) is 0 Å². The lowest BCUT2D eigenvalue weighted by Gasteiger charge is -2.19. The first kappa shape index (κ1) is 15.6. The number of carbonyl (C=O) groups excluding carboxylic acids is 1. The van der Waals surface area contributed by atoms with Crippen molar-refractivity contribution in [2.45, 2.75) is 32.3 Å². The second-order valence-corrected chi connectivity index (χ2v) is 5.38. The maximum atomic E-state index is 11.4. The van der Waals surface area contributed by atoms with Gasteiger partial charge in [0.05, 0.1) is 0 Å². The number of benzene rings is 1. The molecular weight excluding hydrogens is 262 g/mol. The van der Waals surface area contributed by atoms with Crippen molar-refractivity contribution < 1.29 is 9.53 Å². The predicted molar refractivity (Wildman–Crippen MR) is 79.3 cm³/mol. The van der Waals surface area contributed by atoms with Crippen molar-refractivity contribution in [3.05, 3.63) is 41.5 Å². The zero-order chi connectivity index (χ0) is 14.3. The average molecular weight is 282 g/mol. The van der Waals surface area contributed by atoms with E-state index in [-0.39, 0.29) is 0 Å². The molecule has 1 N–H and O–H groups in total. The van der Waals surface area contributed by atoms with Crippen LogP contribution in [0, 0.1) is 0 Å². The first-order valence-corrected chi connectivity index (χ1v) is 6.73. The van der Waals surface area contributed by atoms with Crippen LogP contribution in [0.5, 0.6) is 0 Å². The highest BCUT2D eigenvalue weighted by atomic mass is 35.5. The van der Waals surface area contributed by atoms with Gasteiger partial charge in [0, 0.05) is 12.4 Å². The van der Waals surface area contributed by atoms with E-state index in [0.29, 0.717) is 12.4 Å². The molecule has 0 radical (unpaired) electrons. The fraction of sp³-hybridized carbons (Fsp3) is 0.400. The van der Waals surface area contributed by atoms with E-state index < -0.39 is 11.7 Å². The van der Waals surface area contributed by atoms with Crippen LogP contribution >= 0.6 is 11.6 Å². The smallest absolute Gasteiger partial charge is 0.407 e. The molecule has 0 aliphatic carbocycles. The second-order valence-electron chi connectivity index (χ2n) is 5.12. The summed E-state index contributed by atoms with van der Waals surface area (Å²) in [6.45, 7) is 5.92. The molecule has 0 unspecified atom stereocenters. The molecule has 0 aromatic heterocycles. The Morgan fingerprint density at radius 3 is 2.68 bits per heavy atom. The van der Waals surface area contributed by atoms with Gasteiger partial charge in [0.2, 0.25) is 0 Å². The van der Waals surface area contributed by atoms with Crippen molar-refractivity contribution in [3.8, 4) is 0 Å². The van der Waals surface area contributed by atoms with Crippen LogP contribution in [0.2, 0.25) is 0 Å². The van der Waals surface area contributed by atoms with Crippen LogP contribution in [0.4, 0.5) is 4.79 Å². The molecule has 0 saturated heterocycles. The van der Waals surface area contributed by atoms with E-state index in [1.807, 2.05) is 57.2 Å². The molecule has 1 aromatic carbocycles. The molecule has 0 fully saturated rings. The Morgan fingerprint density at radius 1 is 1.37 bits per heavy atom. The number of amides is 1.